The summed E-state index contributed by atoms with van der Waals surface area (Å²) < 4.78 is 2.83. The predicted molar refractivity (Wildman–Crippen MR) is 60.4 cm³/mol. The molecule has 0 atom stereocenters. The maximum Gasteiger partial charge on any atom is 0.0827 e. The largest absolute Gasteiger partial charge is 0.396 e. The Labute approximate surface area is 90.7 Å². The number of anilines is 1. The molecule has 0 fully saturated rings. The van der Waals surface area contributed by atoms with Gasteiger partial charge in [0.2, 0.25) is 0 Å². The first-order chi connectivity index (χ1) is 6.66. The number of aromatic nitrogens is 2. The first-order valence-electron chi connectivity index (χ1n) is 4.24. The van der Waals surface area contributed by atoms with Crippen LogP contribution in [-0.4, -0.2) is 9.78 Å². The van der Waals surface area contributed by atoms with Crippen molar-refractivity contribution in [1.82, 2.24) is 9.78 Å². The van der Waals surface area contributed by atoms with E-state index in [1.807, 2.05) is 37.4 Å². The van der Waals surface area contributed by atoms with Gasteiger partial charge in [-0.25, -0.2) is 4.68 Å². The summed E-state index contributed by atoms with van der Waals surface area (Å²) >= 11 is 3.38. The zero-order valence-electron chi connectivity index (χ0n) is 7.74. The van der Waals surface area contributed by atoms with Crippen LogP contribution in [0.25, 0.3) is 5.69 Å². The smallest absolute Gasteiger partial charge is 0.0827 e. The Morgan fingerprint density at radius 1 is 1.29 bits per heavy atom. The zero-order valence-corrected chi connectivity index (χ0v) is 9.32. The number of nitrogens with two attached hydrogens (primary N) is 1. The minimum absolute atomic E-state index is 0.716. The molecule has 1 heterocycles. The van der Waals surface area contributed by atoms with E-state index in [0.717, 1.165) is 15.9 Å². The van der Waals surface area contributed by atoms with Gasteiger partial charge in [-0.1, -0.05) is 15.9 Å². The fraction of sp³-hybridized carbons (Fsp3) is 0.100. The van der Waals surface area contributed by atoms with Crippen LogP contribution in [0.4, 0.5) is 5.69 Å². The molecule has 0 saturated carbocycles. The van der Waals surface area contributed by atoms with Crippen LogP contribution < -0.4 is 5.73 Å². The second-order valence-corrected chi connectivity index (χ2v) is 4.01. The molecule has 0 amide bonds. The Hall–Kier alpha value is -1.29. The van der Waals surface area contributed by atoms with E-state index in [4.69, 9.17) is 5.73 Å². The fourth-order valence-corrected chi connectivity index (χ4v) is 1.46. The van der Waals surface area contributed by atoms with Gasteiger partial charge in [0.25, 0.3) is 0 Å². The molecule has 1 aromatic heterocycles. The summed E-state index contributed by atoms with van der Waals surface area (Å²) in [4.78, 5) is 0. The lowest BCUT2D eigenvalue weighted by atomic mass is 10.3. The summed E-state index contributed by atoms with van der Waals surface area (Å²) in [6, 6.07) is 7.91. The first-order valence-corrected chi connectivity index (χ1v) is 5.04. The highest BCUT2D eigenvalue weighted by Crippen LogP contribution is 2.16. The van der Waals surface area contributed by atoms with E-state index in [2.05, 4.69) is 21.0 Å². The second-order valence-electron chi connectivity index (χ2n) is 3.09. The molecule has 0 aliphatic carbocycles. The molecule has 72 valence electrons. The van der Waals surface area contributed by atoms with Crippen molar-refractivity contribution in [2.45, 2.75) is 6.92 Å². The maximum atomic E-state index is 5.72. The minimum atomic E-state index is 0.716. The van der Waals surface area contributed by atoms with Crippen molar-refractivity contribution in [2.24, 2.45) is 0 Å². The van der Waals surface area contributed by atoms with Crippen LogP contribution in [0.1, 0.15) is 5.69 Å². The highest BCUT2D eigenvalue weighted by molar-refractivity contribution is 9.10. The standard InChI is InChI=1S/C10H10BrN3/c1-7-10(12)6-14(13-7)9-4-2-8(11)3-5-9/h2-6H,12H2,1H3. The Morgan fingerprint density at radius 3 is 2.43 bits per heavy atom. The molecule has 0 unspecified atom stereocenters. The van der Waals surface area contributed by atoms with Crippen molar-refractivity contribution in [3.8, 4) is 5.69 Å². The summed E-state index contributed by atoms with van der Waals surface area (Å²) in [5.41, 5.74) is 8.29. The van der Waals surface area contributed by atoms with Gasteiger partial charge in [-0.05, 0) is 31.2 Å². The minimum Gasteiger partial charge on any atom is -0.396 e. The molecule has 0 spiro atoms. The number of rotatable bonds is 1. The molecular weight excluding hydrogens is 242 g/mol. The van der Waals surface area contributed by atoms with Crippen molar-refractivity contribution in [3.05, 3.63) is 40.6 Å². The third kappa shape index (κ3) is 1.65. The molecule has 0 radical (unpaired) electrons. The zero-order chi connectivity index (χ0) is 10.1. The monoisotopic (exact) mass is 251 g/mol. The van der Waals surface area contributed by atoms with Gasteiger partial charge >= 0.3 is 0 Å². The number of aryl methyl sites for hydroxylation is 1. The third-order valence-electron chi connectivity index (χ3n) is 2.03. The average Bonchev–Trinajstić information content (AvgIpc) is 2.48. The molecule has 2 rings (SSSR count). The Kier molecular flexibility index (Phi) is 2.29. The van der Waals surface area contributed by atoms with Gasteiger partial charge in [-0.15, -0.1) is 0 Å². The summed E-state index contributed by atoms with van der Waals surface area (Å²) in [5.74, 6) is 0. The van der Waals surface area contributed by atoms with Crippen molar-refractivity contribution in [3.63, 3.8) is 0 Å². The molecular formula is C10H10BrN3. The van der Waals surface area contributed by atoms with Crippen LogP contribution in [0.2, 0.25) is 0 Å². The third-order valence-corrected chi connectivity index (χ3v) is 2.56. The number of nitrogen functional groups attached to an aromatic ring is 1. The SMILES string of the molecule is Cc1nn(-c2ccc(Br)cc2)cc1N. The lowest BCUT2D eigenvalue weighted by molar-refractivity contribution is 0.862. The highest BCUT2D eigenvalue weighted by Gasteiger charge is 2.01. The molecule has 1 aromatic carbocycles. The average molecular weight is 252 g/mol. The van der Waals surface area contributed by atoms with Gasteiger partial charge in [0, 0.05) is 4.47 Å². The lowest BCUT2D eigenvalue weighted by Crippen LogP contribution is -1.93. The van der Waals surface area contributed by atoms with Gasteiger partial charge in [0.1, 0.15) is 0 Å². The molecule has 0 saturated heterocycles. The van der Waals surface area contributed by atoms with E-state index in [1.165, 1.54) is 0 Å². The van der Waals surface area contributed by atoms with Crippen LogP contribution in [-0.2, 0) is 0 Å². The molecule has 0 aliphatic rings. The highest BCUT2D eigenvalue weighted by atomic mass is 79.9. The Morgan fingerprint density at radius 2 is 1.93 bits per heavy atom. The van der Waals surface area contributed by atoms with Crippen molar-refractivity contribution in [2.75, 3.05) is 5.73 Å². The molecule has 14 heavy (non-hydrogen) atoms. The Balaban J connectivity index is 2.44. The van der Waals surface area contributed by atoms with E-state index < -0.39 is 0 Å². The molecule has 2 N–H and O–H groups in total. The van der Waals surface area contributed by atoms with Crippen molar-refractivity contribution in [1.29, 1.82) is 0 Å². The first kappa shape index (κ1) is 9.27. The van der Waals surface area contributed by atoms with Crippen LogP contribution in [0.5, 0.6) is 0 Å². The van der Waals surface area contributed by atoms with Crippen LogP contribution in [0.15, 0.2) is 34.9 Å². The van der Waals surface area contributed by atoms with Gasteiger partial charge in [0.05, 0.1) is 23.3 Å². The Bertz CT molecular complexity index is 425. The summed E-state index contributed by atoms with van der Waals surface area (Å²) in [6.07, 6.45) is 1.82. The van der Waals surface area contributed by atoms with Crippen LogP contribution in [0.3, 0.4) is 0 Å². The summed E-state index contributed by atoms with van der Waals surface area (Å²) in [5, 5.41) is 4.29. The van der Waals surface area contributed by atoms with E-state index in [1.54, 1.807) is 4.68 Å². The second kappa shape index (κ2) is 3.46. The molecule has 0 aliphatic heterocycles. The molecule has 2 aromatic rings. The summed E-state index contributed by atoms with van der Waals surface area (Å²) in [7, 11) is 0. The van der Waals surface area contributed by atoms with Crippen molar-refractivity contribution < 1.29 is 0 Å². The van der Waals surface area contributed by atoms with Gasteiger partial charge in [-0.2, -0.15) is 5.10 Å². The van der Waals surface area contributed by atoms with Gasteiger partial charge in [0.15, 0.2) is 0 Å². The van der Waals surface area contributed by atoms with Crippen molar-refractivity contribution >= 4 is 21.6 Å². The number of hydrogen-bond donors (Lipinski definition) is 1. The van der Waals surface area contributed by atoms with E-state index in [0.29, 0.717) is 5.69 Å². The fourth-order valence-electron chi connectivity index (χ4n) is 1.20. The molecule has 4 heteroatoms. The quantitative estimate of drug-likeness (QED) is 0.847. The number of halogens is 1. The van der Waals surface area contributed by atoms with Crippen LogP contribution in [0, 0.1) is 6.92 Å². The predicted octanol–water partition coefficient (Wildman–Crippen LogP) is 2.53. The van der Waals surface area contributed by atoms with E-state index in [9.17, 15) is 0 Å². The van der Waals surface area contributed by atoms with E-state index in [-0.39, 0.29) is 0 Å². The lowest BCUT2D eigenvalue weighted by Gasteiger charge is -1.99. The topological polar surface area (TPSA) is 43.8 Å². The molecule has 0 bridgehead atoms. The van der Waals surface area contributed by atoms with E-state index >= 15 is 0 Å². The molecule has 3 nitrogen and oxygen atoms in total. The van der Waals surface area contributed by atoms with Gasteiger partial charge in [-0.3, -0.25) is 0 Å². The van der Waals surface area contributed by atoms with Crippen LogP contribution >= 0.6 is 15.9 Å². The number of benzene rings is 1. The summed E-state index contributed by atoms with van der Waals surface area (Å²) in [6.45, 7) is 1.89. The number of hydrogen-bond acceptors (Lipinski definition) is 2. The van der Waals surface area contributed by atoms with Gasteiger partial charge < -0.3 is 5.73 Å². The normalized spacial score (nSPS) is 10.4. The number of nitrogens with zero attached hydrogens (tertiary/aromatic N) is 2. The maximum absolute atomic E-state index is 5.72.